The molecule has 0 saturated carbocycles. The van der Waals surface area contributed by atoms with Crippen LogP contribution in [0.25, 0.3) is 0 Å². The molecular formula is C14H17ClO. The van der Waals surface area contributed by atoms with Crippen LogP contribution in [0.3, 0.4) is 0 Å². The number of rotatable bonds is 4. The van der Waals surface area contributed by atoms with Gasteiger partial charge in [0.15, 0.2) is 0 Å². The van der Waals surface area contributed by atoms with Crippen molar-refractivity contribution in [3.63, 3.8) is 0 Å². The molecule has 0 radical (unpaired) electrons. The Bertz CT molecular complexity index is 386. The van der Waals surface area contributed by atoms with Crippen molar-refractivity contribution in [1.82, 2.24) is 0 Å². The second-order valence-corrected chi connectivity index (χ2v) is 4.36. The maximum Gasteiger partial charge on any atom is 0.104 e. The molecule has 1 N–H and O–H groups in total. The summed E-state index contributed by atoms with van der Waals surface area (Å²) in [5, 5.41) is 10.2. The summed E-state index contributed by atoms with van der Waals surface area (Å²) in [7, 11) is 0. The van der Waals surface area contributed by atoms with E-state index >= 15 is 0 Å². The topological polar surface area (TPSA) is 20.2 Å². The lowest BCUT2D eigenvalue weighted by atomic mass is 10.0. The Morgan fingerprint density at radius 1 is 1.44 bits per heavy atom. The summed E-state index contributed by atoms with van der Waals surface area (Å²) >= 11 is 5.96. The molecule has 1 aromatic rings. The quantitative estimate of drug-likeness (QED) is 0.791. The maximum absolute atomic E-state index is 9.84. The van der Waals surface area contributed by atoms with E-state index in [9.17, 15) is 5.11 Å². The van der Waals surface area contributed by atoms with Crippen LogP contribution in [0.15, 0.2) is 47.2 Å². The first-order valence-electron chi connectivity index (χ1n) is 5.43. The van der Waals surface area contributed by atoms with Crippen LogP contribution in [0, 0.1) is 0 Å². The van der Waals surface area contributed by atoms with Crippen LogP contribution < -0.4 is 0 Å². The van der Waals surface area contributed by atoms with Gasteiger partial charge in [0, 0.05) is 0 Å². The fourth-order valence-corrected chi connectivity index (χ4v) is 1.39. The molecule has 0 aliphatic rings. The van der Waals surface area contributed by atoms with Gasteiger partial charge < -0.3 is 5.11 Å². The zero-order chi connectivity index (χ0) is 12.0. The van der Waals surface area contributed by atoms with Crippen LogP contribution >= 0.6 is 11.6 Å². The number of hydrogen-bond acceptors (Lipinski definition) is 1. The van der Waals surface area contributed by atoms with Gasteiger partial charge in [0.05, 0.1) is 5.03 Å². The van der Waals surface area contributed by atoms with Gasteiger partial charge in [-0.1, -0.05) is 48.9 Å². The predicted molar refractivity (Wildman–Crippen MR) is 68.5 cm³/mol. The van der Waals surface area contributed by atoms with Crippen LogP contribution in [0.5, 0.6) is 0 Å². The van der Waals surface area contributed by atoms with Crippen molar-refractivity contribution in [2.24, 2.45) is 0 Å². The first kappa shape index (κ1) is 13.1. The van der Waals surface area contributed by atoms with E-state index in [1.165, 1.54) is 5.56 Å². The molecule has 0 amide bonds. The van der Waals surface area contributed by atoms with Gasteiger partial charge in [0.1, 0.15) is 5.60 Å². The van der Waals surface area contributed by atoms with Gasteiger partial charge >= 0.3 is 0 Å². The SMILES string of the molecule is CCC(C)(O)C(Cl)=C=CCc1ccccc1. The van der Waals surface area contributed by atoms with Crippen molar-refractivity contribution in [3.05, 3.63) is 52.7 Å². The second-order valence-electron chi connectivity index (χ2n) is 3.98. The first-order chi connectivity index (χ1) is 7.56. The molecule has 16 heavy (non-hydrogen) atoms. The summed E-state index contributed by atoms with van der Waals surface area (Å²) < 4.78 is 0. The lowest BCUT2D eigenvalue weighted by molar-refractivity contribution is 0.103. The third-order valence-electron chi connectivity index (χ3n) is 2.57. The van der Waals surface area contributed by atoms with Crippen molar-refractivity contribution in [2.45, 2.75) is 32.3 Å². The standard InChI is InChI=1S/C14H17ClO/c1-3-14(2,16)13(15)11-7-10-12-8-5-4-6-9-12/h4-9,16H,3,10H2,1-2H3. The highest BCUT2D eigenvalue weighted by Gasteiger charge is 2.21. The summed E-state index contributed by atoms with van der Waals surface area (Å²) in [6.45, 7) is 3.58. The third kappa shape index (κ3) is 3.86. The van der Waals surface area contributed by atoms with E-state index in [1.807, 2.05) is 43.3 Å². The minimum absolute atomic E-state index is 0.367. The summed E-state index contributed by atoms with van der Waals surface area (Å²) in [6.07, 6.45) is 3.21. The Labute approximate surface area is 102 Å². The molecule has 0 aliphatic heterocycles. The molecule has 0 spiro atoms. The summed E-state index contributed by atoms with van der Waals surface area (Å²) in [5.74, 6) is 0. The van der Waals surface area contributed by atoms with Crippen molar-refractivity contribution >= 4 is 11.6 Å². The highest BCUT2D eigenvalue weighted by Crippen LogP contribution is 2.22. The zero-order valence-corrected chi connectivity index (χ0v) is 10.5. The van der Waals surface area contributed by atoms with Crippen molar-refractivity contribution in [1.29, 1.82) is 0 Å². The molecule has 86 valence electrons. The average Bonchev–Trinajstić information content (AvgIpc) is 2.30. The zero-order valence-electron chi connectivity index (χ0n) is 9.70. The van der Waals surface area contributed by atoms with Gasteiger partial charge in [-0.25, -0.2) is 0 Å². The minimum atomic E-state index is -0.964. The average molecular weight is 237 g/mol. The smallest absolute Gasteiger partial charge is 0.104 e. The molecule has 1 atom stereocenters. The Balaban J connectivity index is 2.70. The number of hydrogen-bond donors (Lipinski definition) is 1. The Hall–Kier alpha value is -1.01. The molecule has 0 saturated heterocycles. The van der Waals surface area contributed by atoms with Crippen LogP contribution in [-0.4, -0.2) is 10.7 Å². The molecule has 1 rings (SSSR count). The third-order valence-corrected chi connectivity index (χ3v) is 3.09. The summed E-state index contributed by atoms with van der Waals surface area (Å²) in [4.78, 5) is 0. The van der Waals surface area contributed by atoms with E-state index in [0.29, 0.717) is 11.5 Å². The molecule has 0 fully saturated rings. The molecule has 1 aromatic carbocycles. The Morgan fingerprint density at radius 2 is 2.06 bits per heavy atom. The van der Waals surface area contributed by atoms with E-state index in [2.05, 4.69) is 5.73 Å². The van der Waals surface area contributed by atoms with Crippen molar-refractivity contribution < 1.29 is 5.11 Å². The molecule has 1 unspecified atom stereocenters. The fourth-order valence-electron chi connectivity index (χ4n) is 1.18. The largest absolute Gasteiger partial charge is 0.384 e. The number of halogens is 1. The second kappa shape index (κ2) is 5.91. The van der Waals surface area contributed by atoms with Crippen LogP contribution in [0.2, 0.25) is 0 Å². The van der Waals surface area contributed by atoms with E-state index in [-0.39, 0.29) is 0 Å². The van der Waals surface area contributed by atoms with Crippen molar-refractivity contribution in [3.8, 4) is 0 Å². The highest BCUT2D eigenvalue weighted by molar-refractivity contribution is 6.30. The van der Waals surface area contributed by atoms with Gasteiger partial charge in [-0.05, 0) is 31.4 Å². The molecule has 2 heteroatoms. The lowest BCUT2D eigenvalue weighted by Crippen LogP contribution is -2.22. The minimum Gasteiger partial charge on any atom is -0.384 e. The van der Waals surface area contributed by atoms with Crippen molar-refractivity contribution in [2.75, 3.05) is 0 Å². The van der Waals surface area contributed by atoms with Crippen LogP contribution in [-0.2, 0) is 6.42 Å². The molecule has 0 bridgehead atoms. The van der Waals surface area contributed by atoms with Gasteiger partial charge in [-0.3, -0.25) is 0 Å². The first-order valence-corrected chi connectivity index (χ1v) is 5.81. The predicted octanol–water partition coefficient (Wildman–Crippen LogP) is 3.67. The Morgan fingerprint density at radius 3 is 2.62 bits per heavy atom. The summed E-state index contributed by atoms with van der Waals surface area (Å²) in [6, 6.07) is 10.1. The molecule has 1 nitrogen and oxygen atoms in total. The molecular weight excluding hydrogens is 220 g/mol. The molecule has 0 heterocycles. The molecule has 0 aliphatic carbocycles. The van der Waals surface area contributed by atoms with Gasteiger partial charge in [0.25, 0.3) is 0 Å². The Kier molecular flexibility index (Phi) is 4.82. The van der Waals surface area contributed by atoms with Gasteiger partial charge in [-0.2, -0.15) is 0 Å². The van der Waals surface area contributed by atoms with Crippen LogP contribution in [0.1, 0.15) is 25.8 Å². The van der Waals surface area contributed by atoms with E-state index < -0.39 is 5.60 Å². The number of benzene rings is 1. The van der Waals surface area contributed by atoms with Crippen LogP contribution in [0.4, 0.5) is 0 Å². The maximum atomic E-state index is 9.84. The van der Waals surface area contributed by atoms with E-state index in [4.69, 9.17) is 11.6 Å². The highest BCUT2D eigenvalue weighted by atomic mass is 35.5. The van der Waals surface area contributed by atoms with Gasteiger partial charge in [-0.15, -0.1) is 5.73 Å². The lowest BCUT2D eigenvalue weighted by Gasteiger charge is -2.18. The monoisotopic (exact) mass is 236 g/mol. The van der Waals surface area contributed by atoms with E-state index in [0.717, 1.165) is 6.42 Å². The molecule has 0 aromatic heterocycles. The summed E-state index contributed by atoms with van der Waals surface area (Å²) in [5.41, 5.74) is 3.17. The fraction of sp³-hybridized carbons (Fsp3) is 0.357. The van der Waals surface area contributed by atoms with E-state index in [1.54, 1.807) is 6.92 Å². The number of aliphatic hydroxyl groups is 1. The van der Waals surface area contributed by atoms with Gasteiger partial charge in [0.2, 0.25) is 0 Å². The normalized spacial score (nSPS) is 13.8.